The molecule has 0 bridgehead atoms. The van der Waals surface area contributed by atoms with Gasteiger partial charge in [-0.25, -0.2) is 0 Å². The second kappa shape index (κ2) is 18.8. The molecule has 0 aromatic heterocycles. The molecule has 0 aliphatic rings. The van der Waals surface area contributed by atoms with Crippen molar-refractivity contribution >= 4 is 11.9 Å². The predicted molar refractivity (Wildman–Crippen MR) is 178 cm³/mol. The molecule has 4 aromatic carbocycles. The van der Waals surface area contributed by atoms with Crippen LogP contribution < -0.4 is 9.47 Å². The number of benzene rings is 4. The Hall–Kier alpha value is -5.24. The predicted octanol–water partition coefficient (Wildman–Crippen LogP) is 7.67. The lowest BCUT2D eigenvalue weighted by atomic mass is 9.92. The molecule has 1 atom stereocenters. The number of aromatic hydroxyl groups is 1. The summed E-state index contributed by atoms with van der Waals surface area (Å²) in [6.07, 6.45) is -10.6. The molecule has 14 heteroatoms. The molecular weight excluding hydrogens is 698 g/mol. The SMILES string of the molecule is COC(=O)CCc1ccc(O)cc1.COC(=O)CCc1ccc(OC[C@@H](Cc2ccccc2)Oc2ccc(C(O)(C(F)(F)F)C(F)(F)F)cc2)cc1. The zero-order chi connectivity index (χ0) is 38.4. The van der Waals surface area contributed by atoms with E-state index in [1.54, 1.807) is 48.5 Å². The van der Waals surface area contributed by atoms with Crippen LogP contribution in [0, 0.1) is 0 Å². The van der Waals surface area contributed by atoms with Crippen LogP contribution in [-0.4, -0.2) is 61.4 Å². The van der Waals surface area contributed by atoms with Gasteiger partial charge < -0.3 is 29.2 Å². The van der Waals surface area contributed by atoms with Gasteiger partial charge in [0.1, 0.15) is 30.0 Å². The van der Waals surface area contributed by atoms with Crippen molar-refractivity contribution in [3.05, 3.63) is 125 Å². The van der Waals surface area contributed by atoms with Crippen LogP contribution in [-0.2, 0) is 43.9 Å². The lowest BCUT2D eigenvalue weighted by molar-refractivity contribution is -0.376. The van der Waals surface area contributed by atoms with Gasteiger partial charge in [0.15, 0.2) is 0 Å². The van der Waals surface area contributed by atoms with Crippen molar-refractivity contribution in [3.63, 3.8) is 0 Å². The molecule has 0 amide bonds. The Morgan fingerprint density at radius 1 is 0.635 bits per heavy atom. The second-order valence-corrected chi connectivity index (χ2v) is 11.4. The van der Waals surface area contributed by atoms with Crippen LogP contribution in [0.15, 0.2) is 103 Å². The van der Waals surface area contributed by atoms with Gasteiger partial charge in [-0.05, 0) is 65.9 Å². The van der Waals surface area contributed by atoms with Crippen LogP contribution in [0.2, 0.25) is 0 Å². The standard InChI is InChI=1S/C28H26F6O5.C10H12O3/c1-37-25(35)16-9-19-7-12-22(13-8-19)38-18-24(17-20-5-3-2-4-6-20)39-23-14-10-21(11-15-23)26(36,27(29,30)31)28(32,33)34;1-13-10(12)7-4-8-2-5-9(11)6-3-8/h2-8,10-15,24,36H,9,16-18H2,1H3;2-3,5-6,11H,4,7H2,1H3/t24-;/m1./s1. The average Bonchev–Trinajstić information content (AvgIpc) is 3.12. The first-order valence-electron chi connectivity index (χ1n) is 15.9. The highest BCUT2D eigenvalue weighted by molar-refractivity contribution is 5.69. The minimum Gasteiger partial charge on any atom is -0.508 e. The number of carbonyl (C=O) groups is 2. The van der Waals surface area contributed by atoms with E-state index >= 15 is 0 Å². The quantitative estimate of drug-likeness (QED) is 0.100. The summed E-state index contributed by atoms with van der Waals surface area (Å²) in [5.74, 6) is 0.183. The van der Waals surface area contributed by atoms with Crippen LogP contribution in [0.1, 0.15) is 35.1 Å². The van der Waals surface area contributed by atoms with Gasteiger partial charge in [0, 0.05) is 24.8 Å². The number of alkyl halides is 6. The molecule has 8 nitrogen and oxygen atoms in total. The van der Waals surface area contributed by atoms with E-state index < -0.39 is 29.6 Å². The van der Waals surface area contributed by atoms with Gasteiger partial charge in [-0.15, -0.1) is 0 Å². The van der Waals surface area contributed by atoms with Crippen molar-refractivity contribution in [2.75, 3.05) is 20.8 Å². The van der Waals surface area contributed by atoms with Gasteiger partial charge in [0.25, 0.3) is 5.60 Å². The fourth-order valence-corrected chi connectivity index (χ4v) is 4.77. The molecule has 0 radical (unpaired) electrons. The average molecular weight is 737 g/mol. The number of phenolic OH excluding ortho intramolecular Hbond substituents is 1. The fourth-order valence-electron chi connectivity index (χ4n) is 4.77. The summed E-state index contributed by atoms with van der Waals surface area (Å²) in [6, 6.07) is 25.8. The van der Waals surface area contributed by atoms with Gasteiger partial charge >= 0.3 is 24.3 Å². The third-order valence-electron chi connectivity index (χ3n) is 7.69. The Kier molecular flexibility index (Phi) is 14.9. The minimum atomic E-state index is -5.98. The number of aliphatic hydroxyl groups is 1. The molecule has 0 spiro atoms. The van der Waals surface area contributed by atoms with E-state index in [0.29, 0.717) is 43.6 Å². The van der Waals surface area contributed by atoms with Crippen LogP contribution in [0.3, 0.4) is 0 Å². The van der Waals surface area contributed by atoms with Gasteiger partial charge in [-0.3, -0.25) is 9.59 Å². The van der Waals surface area contributed by atoms with Crippen LogP contribution in [0.25, 0.3) is 0 Å². The second-order valence-electron chi connectivity index (χ2n) is 11.4. The normalized spacial score (nSPS) is 12.2. The number of aryl methyl sites for hydroxylation is 2. The first kappa shape index (κ1) is 41.2. The van der Waals surface area contributed by atoms with Gasteiger partial charge in [0.05, 0.1) is 14.2 Å². The van der Waals surface area contributed by atoms with Gasteiger partial charge in [-0.2, -0.15) is 26.3 Å². The summed E-state index contributed by atoms with van der Waals surface area (Å²) in [5.41, 5.74) is -3.62. The first-order chi connectivity index (χ1) is 24.5. The number of halogens is 6. The molecule has 0 saturated carbocycles. The number of hydrogen-bond acceptors (Lipinski definition) is 8. The number of carbonyl (C=O) groups excluding carboxylic acids is 2. The third kappa shape index (κ3) is 12.2. The lowest BCUT2D eigenvalue weighted by Gasteiger charge is -2.32. The maximum atomic E-state index is 13.2. The molecule has 4 aromatic rings. The number of methoxy groups -OCH3 is 2. The van der Waals surface area contributed by atoms with E-state index in [0.717, 1.165) is 28.8 Å². The molecule has 4 rings (SSSR count). The monoisotopic (exact) mass is 736 g/mol. The third-order valence-corrected chi connectivity index (χ3v) is 7.69. The van der Waals surface area contributed by atoms with E-state index in [4.69, 9.17) is 14.6 Å². The number of ether oxygens (including phenoxy) is 4. The Labute approximate surface area is 296 Å². The molecular formula is C38H38F6O8. The topological polar surface area (TPSA) is 112 Å². The molecule has 0 aliphatic carbocycles. The molecule has 0 saturated heterocycles. The van der Waals surface area contributed by atoms with Crippen LogP contribution >= 0.6 is 0 Å². The zero-order valence-electron chi connectivity index (χ0n) is 28.2. The Morgan fingerprint density at radius 3 is 1.56 bits per heavy atom. The number of esters is 2. The molecule has 0 heterocycles. The lowest BCUT2D eigenvalue weighted by Crippen LogP contribution is -2.53. The van der Waals surface area contributed by atoms with E-state index in [2.05, 4.69) is 9.47 Å². The molecule has 2 N–H and O–H groups in total. The van der Waals surface area contributed by atoms with E-state index in [9.17, 15) is 41.0 Å². The molecule has 0 fully saturated rings. The summed E-state index contributed by atoms with van der Waals surface area (Å²) in [4.78, 5) is 22.1. The number of phenols is 1. The Morgan fingerprint density at radius 2 is 1.10 bits per heavy atom. The van der Waals surface area contributed by atoms with E-state index in [1.807, 2.05) is 30.3 Å². The van der Waals surface area contributed by atoms with Crippen molar-refractivity contribution < 1.29 is 65.1 Å². The first-order valence-corrected chi connectivity index (χ1v) is 15.9. The summed E-state index contributed by atoms with van der Waals surface area (Å²) in [6.45, 7) is 0.00714. The van der Waals surface area contributed by atoms with Crippen molar-refractivity contribution in [3.8, 4) is 17.2 Å². The maximum Gasteiger partial charge on any atom is 0.430 e. The summed E-state index contributed by atoms with van der Waals surface area (Å²) in [5, 5.41) is 18.6. The number of hydrogen-bond donors (Lipinski definition) is 2. The van der Waals surface area contributed by atoms with E-state index in [-0.39, 0.29) is 36.5 Å². The Balaban J connectivity index is 0.000000471. The van der Waals surface area contributed by atoms with E-state index in [1.165, 1.54) is 14.2 Å². The smallest absolute Gasteiger partial charge is 0.430 e. The Bertz CT molecular complexity index is 1660. The largest absolute Gasteiger partial charge is 0.508 e. The molecule has 0 aliphatic heterocycles. The minimum absolute atomic E-state index is 0.00635. The summed E-state index contributed by atoms with van der Waals surface area (Å²) >= 11 is 0. The molecule has 0 unspecified atom stereocenters. The summed E-state index contributed by atoms with van der Waals surface area (Å²) in [7, 11) is 2.69. The van der Waals surface area contributed by atoms with Crippen LogP contribution in [0.4, 0.5) is 26.3 Å². The van der Waals surface area contributed by atoms with Crippen molar-refractivity contribution in [2.45, 2.75) is 56.2 Å². The summed E-state index contributed by atoms with van der Waals surface area (Å²) < 4.78 is 99.9. The highest BCUT2D eigenvalue weighted by atomic mass is 19.4. The molecule has 52 heavy (non-hydrogen) atoms. The highest BCUT2D eigenvalue weighted by Gasteiger charge is 2.71. The zero-order valence-corrected chi connectivity index (χ0v) is 28.2. The number of rotatable bonds is 14. The van der Waals surface area contributed by atoms with Crippen molar-refractivity contribution in [1.82, 2.24) is 0 Å². The van der Waals surface area contributed by atoms with Gasteiger partial charge in [0.2, 0.25) is 0 Å². The van der Waals surface area contributed by atoms with Gasteiger partial charge in [-0.1, -0.05) is 66.7 Å². The highest BCUT2D eigenvalue weighted by Crippen LogP contribution is 2.50. The van der Waals surface area contributed by atoms with Crippen molar-refractivity contribution in [2.24, 2.45) is 0 Å². The maximum absolute atomic E-state index is 13.2. The van der Waals surface area contributed by atoms with Crippen molar-refractivity contribution in [1.29, 1.82) is 0 Å². The molecule has 280 valence electrons. The fraction of sp³-hybridized carbons (Fsp3) is 0.316. The van der Waals surface area contributed by atoms with Crippen LogP contribution in [0.5, 0.6) is 17.2 Å².